The van der Waals surface area contributed by atoms with Crippen LogP contribution in [-0.4, -0.2) is 64.8 Å². The molecule has 0 aliphatic heterocycles. The van der Waals surface area contributed by atoms with Gasteiger partial charge in [-0.25, -0.2) is 12.6 Å². The molecule has 37 heavy (non-hydrogen) atoms. The molecule has 0 amide bonds. The molecule has 0 saturated heterocycles. The van der Waals surface area contributed by atoms with Crippen LogP contribution in [0.4, 0.5) is 11.4 Å². The van der Waals surface area contributed by atoms with Gasteiger partial charge in [0.15, 0.2) is 15.6 Å². The van der Waals surface area contributed by atoms with Crippen LogP contribution in [0.2, 0.25) is 0 Å². The summed E-state index contributed by atoms with van der Waals surface area (Å²) in [5, 5.41) is 17.8. The van der Waals surface area contributed by atoms with Crippen LogP contribution in [0.5, 0.6) is 5.75 Å². The van der Waals surface area contributed by atoms with Crippen LogP contribution in [0, 0.1) is 0 Å². The predicted octanol–water partition coefficient (Wildman–Crippen LogP) is 2.05. The molecule has 0 saturated carbocycles. The van der Waals surface area contributed by atoms with Crippen LogP contribution >= 0.6 is 0 Å². The minimum absolute atomic E-state index is 0.0778. The molecule has 19 heteroatoms. The first kappa shape index (κ1) is 28.5. The van der Waals surface area contributed by atoms with Gasteiger partial charge in [0.05, 0.1) is 17.3 Å². The second kappa shape index (κ2) is 10.0. The van der Waals surface area contributed by atoms with Crippen LogP contribution in [-0.2, 0) is 44.7 Å². The van der Waals surface area contributed by atoms with Crippen molar-refractivity contribution >= 4 is 62.6 Å². The molecule has 4 N–H and O–H groups in total. The molecule has 3 rings (SSSR count). The Labute approximate surface area is 210 Å². The molecule has 0 bridgehead atoms. The molecule has 3 aromatic rings. The summed E-state index contributed by atoms with van der Waals surface area (Å²) in [5.41, 5.74) is -1.65. The first-order valence-corrected chi connectivity index (χ1v) is 15.4. The first-order chi connectivity index (χ1) is 16.9. The minimum atomic E-state index is -5.04. The van der Waals surface area contributed by atoms with Gasteiger partial charge in [-0.2, -0.15) is 25.3 Å². The lowest BCUT2D eigenvalue weighted by Crippen LogP contribution is -2.15. The van der Waals surface area contributed by atoms with E-state index in [0.29, 0.717) is 12.1 Å². The number of phenolic OH excluding ortho intramolecular Hbond substituents is 1. The molecule has 0 spiro atoms. The lowest BCUT2D eigenvalue weighted by atomic mass is 10.1. The lowest BCUT2D eigenvalue weighted by Gasteiger charge is -2.09. The monoisotopic (exact) mass is 596 g/mol. The SMILES string of the molecule is O=S(=O)(O)OCCS(=O)(=O)c1ccc(S(=O)(=O)O)c(/N=N/c2c(S(=O)(=O)O)cc3ccccc3c2O)c1. The van der Waals surface area contributed by atoms with Crippen molar-refractivity contribution in [3.05, 3.63) is 48.5 Å². The Hall–Kier alpha value is -3.04. The molecular weight excluding hydrogens is 580 g/mol. The Balaban J connectivity index is 2.18. The topological polar surface area (TPSA) is 251 Å². The standard InChI is InChI=1S/C18H16N2O13S4/c21-18-13-4-2-1-3-11(13)9-16(36(27,28)29)17(18)20-19-14-10-12(5-6-15(14)35(24,25)26)34(22,23)8-7-33-37(30,31)32/h1-6,9-10,21H,7-8H2,(H,24,25,26)(H,27,28,29)(H,30,31,32)/b20-19+. The van der Waals surface area contributed by atoms with Gasteiger partial charge in [0.1, 0.15) is 21.2 Å². The zero-order valence-corrected chi connectivity index (χ0v) is 21.3. The molecular formula is C18H16N2O13S4. The molecule has 0 fully saturated rings. The third-order valence-electron chi connectivity index (χ3n) is 4.65. The largest absolute Gasteiger partial charge is 0.505 e. The maximum Gasteiger partial charge on any atom is 0.397 e. The Morgan fingerprint density at radius 1 is 0.757 bits per heavy atom. The summed E-state index contributed by atoms with van der Waals surface area (Å²) in [4.78, 5) is -2.52. The van der Waals surface area contributed by atoms with Crippen LogP contribution in [0.15, 0.2) is 73.4 Å². The molecule has 0 heterocycles. The maximum atomic E-state index is 12.5. The zero-order chi connectivity index (χ0) is 27.8. The molecule has 0 unspecified atom stereocenters. The Morgan fingerprint density at radius 3 is 1.97 bits per heavy atom. The molecule has 15 nitrogen and oxygen atoms in total. The fourth-order valence-corrected chi connectivity index (χ4v) is 5.81. The highest BCUT2D eigenvalue weighted by Crippen LogP contribution is 2.41. The smallest absolute Gasteiger partial charge is 0.397 e. The average molecular weight is 597 g/mol. The quantitative estimate of drug-likeness (QED) is 0.204. The van der Waals surface area contributed by atoms with E-state index in [0.717, 1.165) is 12.1 Å². The van der Waals surface area contributed by atoms with Gasteiger partial charge < -0.3 is 5.11 Å². The molecule has 0 radical (unpaired) electrons. The van der Waals surface area contributed by atoms with Gasteiger partial charge in [-0.15, -0.1) is 10.2 Å². The number of hydrogen-bond acceptors (Lipinski definition) is 12. The van der Waals surface area contributed by atoms with Gasteiger partial charge in [-0.3, -0.25) is 13.7 Å². The van der Waals surface area contributed by atoms with Crippen molar-refractivity contribution in [2.24, 2.45) is 10.2 Å². The van der Waals surface area contributed by atoms with Gasteiger partial charge in [-0.05, 0) is 29.7 Å². The number of aromatic hydroxyl groups is 1. The van der Waals surface area contributed by atoms with E-state index in [1.165, 1.54) is 24.3 Å². The summed E-state index contributed by atoms with van der Waals surface area (Å²) in [6.45, 7) is -0.999. The first-order valence-electron chi connectivity index (χ1n) is 9.50. The highest BCUT2D eigenvalue weighted by atomic mass is 32.3. The van der Waals surface area contributed by atoms with Gasteiger partial charge >= 0.3 is 10.4 Å². The van der Waals surface area contributed by atoms with Crippen molar-refractivity contribution in [3.63, 3.8) is 0 Å². The minimum Gasteiger partial charge on any atom is -0.505 e. The lowest BCUT2D eigenvalue weighted by molar-refractivity contribution is 0.284. The van der Waals surface area contributed by atoms with Gasteiger partial charge in [0.2, 0.25) is 0 Å². The zero-order valence-electron chi connectivity index (χ0n) is 18.0. The number of sulfone groups is 1. The van der Waals surface area contributed by atoms with Crippen molar-refractivity contribution in [2.75, 3.05) is 12.4 Å². The highest BCUT2D eigenvalue weighted by molar-refractivity contribution is 7.91. The Bertz CT molecular complexity index is 1850. The number of benzene rings is 3. The van der Waals surface area contributed by atoms with Gasteiger partial charge in [0.25, 0.3) is 20.2 Å². The number of fused-ring (bicyclic) bond motifs is 1. The summed E-state index contributed by atoms with van der Waals surface area (Å²) >= 11 is 0. The van der Waals surface area contributed by atoms with Crippen LogP contribution in [0.3, 0.4) is 0 Å². The van der Waals surface area contributed by atoms with E-state index in [9.17, 15) is 47.9 Å². The Kier molecular flexibility index (Phi) is 7.73. The number of nitrogens with zero attached hydrogens (tertiary/aromatic N) is 2. The molecule has 0 atom stereocenters. The van der Waals surface area contributed by atoms with Crippen LogP contribution < -0.4 is 0 Å². The Morgan fingerprint density at radius 2 is 1.38 bits per heavy atom. The van der Waals surface area contributed by atoms with E-state index in [4.69, 9.17) is 4.55 Å². The summed E-state index contributed by atoms with van der Waals surface area (Å²) in [5.74, 6) is -1.76. The van der Waals surface area contributed by atoms with E-state index in [1.807, 2.05) is 0 Å². The number of phenols is 1. The normalized spacial score (nSPS) is 13.4. The van der Waals surface area contributed by atoms with Gasteiger partial charge in [0, 0.05) is 5.39 Å². The second-order valence-electron chi connectivity index (χ2n) is 7.14. The molecule has 0 aliphatic rings. The summed E-state index contributed by atoms with van der Waals surface area (Å²) in [6, 6.07) is 8.74. The number of azo groups is 1. The summed E-state index contributed by atoms with van der Waals surface area (Å²) < 4.78 is 125. The van der Waals surface area contributed by atoms with Crippen molar-refractivity contribution in [3.8, 4) is 5.75 Å². The third kappa shape index (κ3) is 6.84. The molecule has 200 valence electrons. The predicted molar refractivity (Wildman–Crippen MR) is 125 cm³/mol. The molecule has 0 aromatic heterocycles. The fraction of sp³-hybridized carbons (Fsp3) is 0.111. The second-order valence-corrected chi connectivity index (χ2v) is 13.1. The third-order valence-corrected chi connectivity index (χ3v) is 8.56. The molecule has 3 aromatic carbocycles. The van der Waals surface area contributed by atoms with Crippen molar-refractivity contribution in [2.45, 2.75) is 14.7 Å². The van der Waals surface area contributed by atoms with Crippen molar-refractivity contribution < 1.29 is 56.6 Å². The van der Waals surface area contributed by atoms with E-state index in [1.54, 1.807) is 0 Å². The van der Waals surface area contributed by atoms with Crippen molar-refractivity contribution in [1.29, 1.82) is 0 Å². The maximum absolute atomic E-state index is 12.5. The number of hydrogen-bond donors (Lipinski definition) is 4. The van der Waals surface area contributed by atoms with E-state index >= 15 is 0 Å². The van der Waals surface area contributed by atoms with Crippen LogP contribution in [0.1, 0.15) is 0 Å². The van der Waals surface area contributed by atoms with E-state index in [2.05, 4.69) is 14.4 Å². The van der Waals surface area contributed by atoms with E-state index < -0.39 is 84.6 Å². The fourth-order valence-electron chi connectivity index (χ4n) is 3.04. The van der Waals surface area contributed by atoms with Gasteiger partial charge in [-0.1, -0.05) is 24.3 Å². The summed E-state index contributed by atoms with van der Waals surface area (Å²) in [7, 11) is -19.4. The van der Waals surface area contributed by atoms with E-state index in [-0.39, 0.29) is 10.8 Å². The summed E-state index contributed by atoms with van der Waals surface area (Å²) in [6.07, 6.45) is 0. The highest BCUT2D eigenvalue weighted by Gasteiger charge is 2.24. The average Bonchev–Trinajstić information content (AvgIpc) is 2.76. The molecule has 0 aliphatic carbocycles. The number of rotatable bonds is 9. The van der Waals surface area contributed by atoms with Crippen molar-refractivity contribution in [1.82, 2.24) is 0 Å². The van der Waals surface area contributed by atoms with Crippen LogP contribution in [0.25, 0.3) is 10.8 Å².